The fraction of sp³-hybridized carbons (Fsp3) is 0.471. The summed E-state index contributed by atoms with van der Waals surface area (Å²) in [5.74, 6) is 0. The second-order valence-electron chi connectivity index (χ2n) is 5.88. The molecule has 2 aromatic heterocycles. The molecule has 0 aromatic carbocycles. The van der Waals surface area contributed by atoms with Crippen molar-refractivity contribution in [3.8, 4) is 0 Å². The summed E-state index contributed by atoms with van der Waals surface area (Å²) in [5, 5.41) is 18.2. The predicted octanol–water partition coefficient (Wildman–Crippen LogP) is 4.02. The van der Waals surface area contributed by atoms with Gasteiger partial charge >= 0.3 is 6.03 Å². The van der Waals surface area contributed by atoms with Crippen LogP contribution in [0.25, 0.3) is 0 Å². The maximum absolute atomic E-state index is 11.9. The van der Waals surface area contributed by atoms with Gasteiger partial charge in [0.15, 0.2) is 0 Å². The Morgan fingerprint density at radius 3 is 2.78 bits per heavy atom. The van der Waals surface area contributed by atoms with Crippen LogP contribution in [-0.4, -0.2) is 17.2 Å². The van der Waals surface area contributed by atoms with E-state index < -0.39 is 6.10 Å². The van der Waals surface area contributed by atoms with Gasteiger partial charge in [0.2, 0.25) is 0 Å². The average Bonchev–Trinajstić information content (AvgIpc) is 3.25. The molecule has 0 bridgehead atoms. The van der Waals surface area contributed by atoms with Gasteiger partial charge in [-0.25, -0.2) is 4.79 Å². The minimum atomic E-state index is -0.565. The molecule has 4 nitrogen and oxygen atoms in total. The third kappa shape index (κ3) is 4.56. The molecule has 2 heterocycles. The van der Waals surface area contributed by atoms with Crippen molar-refractivity contribution in [3.05, 3.63) is 44.3 Å². The molecule has 1 aliphatic rings. The zero-order valence-corrected chi connectivity index (χ0v) is 14.6. The fourth-order valence-corrected chi connectivity index (χ4v) is 4.63. The van der Waals surface area contributed by atoms with Gasteiger partial charge in [-0.05, 0) is 36.4 Å². The van der Waals surface area contributed by atoms with Crippen LogP contribution in [-0.2, 0) is 6.54 Å². The summed E-state index contributed by atoms with van der Waals surface area (Å²) in [5.41, 5.74) is 0. The van der Waals surface area contributed by atoms with E-state index in [1.165, 1.54) is 19.3 Å². The monoisotopic (exact) mass is 350 g/mol. The van der Waals surface area contributed by atoms with Crippen molar-refractivity contribution in [2.75, 3.05) is 0 Å². The van der Waals surface area contributed by atoms with E-state index in [0.29, 0.717) is 12.6 Å². The van der Waals surface area contributed by atoms with E-state index in [-0.39, 0.29) is 6.03 Å². The van der Waals surface area contributed by atoms with Crippen molar-refractivity contribution in [1.82, 2.24) is 10.6 Å². The maximum atomic E-state index is 11.9. The SMILES string of the molecule is O=C(NCc1ccc(C(O)c2cccs2)s1)NC1CCCCC1. The van der Waals surface area contributed by atoms with Crippen LogP contribution in [0.3, 0.4) is 0 Å². The molecule has 2 aromatic rings. The molecule has 124 valence electrons. The summed E-state index contributed by atoms with van der Waals surface area (Å²) in [6.07, 6.45) is 5.31. The van der Waals surface area contributed by atoms with E-state index in [9.17, 15) is 9.90 Å². The molecule has 1 aliphatic carbocycles. The number of aliphatic hydroxyl groups is 1. The molecule has 1 unspecified atom stereocenters. The standard InChI is InChI=1S/C17H22N2O2S2/c20-16(14-7-4-10-22-14)15-9-8-13(23-15)11-18-17(21)19-12-5-2-1-3-6-12/h4,7-10,12,16,20H,1-3,5-6,11H2,(H2,18,19,21). The number of carbonyl (C=O) groups is 1. The summed E-state index contributed by atoms with van der Waals surface area (Å²) in [4.78, 5) is 14.9. The molecule has 1 fully saturated rings. The highest BCUT2D eigenvalue weighted by Crippen LogP contribution is 2.30. The Bertz CT molecular complexity index is 618. The lowest BCUT2D eigenvalue weighted by molar-refractivity contribution is 0.228. The first-order valence-electron chi connectivity index (χ1n) is 8.07. The lowest BCUT2D eigenvalue weighted by atomic mass is 9.96. The summed E-state index contributed by atoms with van der Waals surface area (Å²) in [6, 6.07) is 8.01. The zero-order chi connectivity index (χ0) is 16.1. The molecular formula is C17H22N2O2S2. The molecule has 1 saturated carbocycles. The Balaban J connectivity index is 1.48. The first-order valence-corrected chi connectivity index (χ1v) is 9.76. The molecule has 0 spiro atoms. The minimum absolute atomic E-state index is 0.0920. The van der Waals surface area contributed by atoms with Crippen LogP contribution in [0.2, 0.25) is 0 Å². The normalized spacial score (nSPS) is 16.9. The Hall–Kier alpha value is -1.37. The van der Waals surface area contributed by atoms with Crippen LogP contribution in [0.4, 0.5) is 4.79 Å². The molecule has 23 heavy (non-hydrogen) atoms. The van der Waals surface area contributed by atoms with Gasteiger partial charge in [0.05, 0.1) is 6.54 Å². The van der Waals surface area contributed by atoms with Crippen molar-refractivity contribution in [3.63, 3.8) is 0 Å². The maximum Gasteiger partial charge on any atom is 0.315 e. The number of aliphatic hydroxyl groups excluding tert-OH is 1. The number of rotatable bonds is 5. The Kier molecular flexibility index (Phi) is 5.70. The van der Waals surface area contributed by atoms with Crippen LogP contribution in [0.15, 0.2) is 29.6 Å². The Morgan fingerprint density at radius 1 is 1.22 bits per heavy atom. The van der Waals surface area contributed by atoms with E-state index in [0.717, 1.165) is 27.5 Å². The van der Waals surface area contributed by atoms with Gasteiger partial charge in [-0.2, -0.15) is 0 Å². The number of urea groups is 1. The number of hydrogen-bond donors (Lipinski definition) is 3. The lowest BCUT2D eigenvalue weighted by Gasteiger charge is -2.22. The van der Waals surface area contributed by atoms with Gasteiger partial charge in [-0.1, -0.05) is 25.3 Å². The van der Waals surface area contributed by atoms with E-state index >= 15 is 0 Å². The van der Waals surface area contributed by atoms with E-state index in [1.54, 1.807) is 22.7 Å². The Morgan fingerprint density at radius 2 is 2.04 bits per heavy atom. The quantitative estimate of drug-likeness (QED) is 0.762. The molecule has 0 saturated heterocycles. The second kappa shape index (κ2) is 7.95. The van der Waals surface area contributed by atoms with Gasteiger partial charge in [0.1, 0.15) is 6.10 Å². The van der Waals surface area contributed by atoms with Gasteiger partial charge in [-0.15, -0.1) is 22.7 Å². The first-order chi connectivity index (χ1) is 11.2. The molecule has 0 aliphatic heterocycles. The first kappa shape index (κ1) is 16.5. The number of carbonyl (C=O) groups excluding carboxylic acids is 1. The Labute approximate surface area is 144 Å². The number of nitrogens with one attached hydrogen (secondary N) is 2. The van der Waals surface area contributed by atoms with E-state index in [2.05, 4.69) is 10.6 Å². The minimum Gasteiger partial charge on any atom is -0.382 e. The molecule has 1 atom stereocenters. The van der Waals surface area contributed by atoms with Gasteiger partial charge in [0.25, 0.3) is 0 Å². The molecular weight excluding hydrogens is 328 g/mol. The molecule has 0 radical (unpaired) electrons. The molecule has 6 heteroatoms. The van der Waals surface area contributed by atoms with Crippen LogP contribution in [0, 0.1) is 0 Å². The lowest BCUT2D eigenvalue weighted by Crippen LogP contribution is -2.42. The highest BCUT2D eigenvalue weighted by atomic mass is 32.1. The highest BCUT2D eigenvalue weighted by molar-refractivity contribution is 7.12. The zero-order valence-electron chi connectivity index (χ0n) is 13.0. The van der Waals surface area contributed by atoms with Crippen molar-refractivity contribution < 1.29 is 9.90 Å². The largest absolute Gasteiger partial charge is 0.382 e. The predicted molar refractivity (Wildman–Crippen MR) is 94.9 cm³/mol. The van der Waals surface area contributed by atoms with Crippen molar-refractivity contribution in [2.24, 2.45) is 0 Å². The second-order valence-corrected chi connectivity index (χ2v) is 8.06. The van der Waals surface area contributed by atoms with E-state index in [4.69, 9.17) is 0 Å². The molecule has 3 N–H and O–H groups in total. The third-order valence-corrected chi connectivity index (χ3v) is 6.19. The third-order valence-electron chi connectivity index (χ3n) is 4.13. The van der Waals surface area contributed by atoms with Crippen molar-refractivity contribution >= 4 is 28.7 Å². The van der Waals surface area contributed by atoms with Crippen LogP contribution in [0.1, 0.15) is 52.8 Å². The summed E-state index contributed by atoms with van der Waals surface area (Å²) < 4.78 is 0. The van der Waals surface area contributed by atoms with Crippen molar-refractivity contribution in [2.45, 2.75) is 50.8 Å². The summed E-state index contributed by atoms with van der Waals surface area (Å²) in [7, 11) is 0. The summed E-state index contributed by atoms with van der Waals surface area (Å²) in [6.45, 7) is 0.500. The van der Waals surface area contributed by atoms with Gasteiger partial charge in [0, 0.05) is 20.7 Å². The summed E-state index contributed by atoms with van der Waals surface area (Å²) >= 11 is 3.09. The number of thiophene rings is 2. The number of hydrogen-bond acceptors (Lipinski definition) is 4. The molecule has 2 amide bonds. The van der Waals surface area contributed by atoms with Gasteiger partial charge < -0.3 is 15.7 Å². The molecule has 3 rings (SSSR count). The highest BCUT2D eigenvalue weighted by Gasteiger charge is 2.16. The number of amides is 2. The van der Waals surface area contributed by atoms with Crippen LogP contribution >= 0.6 is 22.7 Å². The van der Waals surface area contributed by atoms with Crippen molar-refractivity contribution in [1.29, 1.82) is 0 Å². The van der Waals surface area contributed by atoms with Crippen LogP contribution < -0.4 is 10.6 Å². The fourth-order valence-electron chi connectivity index (χ4n) is 2.87. The van der Waals surface area contributed by atoms with Gasteiger partial charge in [-0.3, -0.25) is 0 Å². The van der Waals surface area contributed by atoms with E-state index in [1.807, 2.05) is 29.6 Å². The average molecular weight is 351 g/mol. The topological polar surface area (TPSA) is 61.4 Å². The smallest absolute Gasteiger partial charge is 0.315 e. The van der Waals surface area contributed by atoms with Crippen LogP contribution in [0.5, 0.6) is 0 Å².